The standard InChI is InChI=1S/C25H21NO5S/c1-16-19(10-5-11-20(16)24(28)29)21-13-12-18(31-21)15-22-23(27)26(25(30)32-22)14-6-9-17-7-3-2-4-8-17/h2-5,7-8,10-13,15H,6,9,14H2,1H3,(H,28,29)/b22-15+. The molecule has 4 rings (SSSR count). The largest absolute Gasteiger partial charge is 0.478 e. The van der Waals surface area contributed by atoms with Crippen molar-refractivity contribution in [1.82, 2.24) is 4.90 Å². The van der Waals surface area contributed by atoms with Gasteiger partial charge in [0, 0.05) is 18.2 Å². The van der Waals surface area contributed by atoms with Gasteiger partial charge in [-0.05, 0) is 60.9 Å². The van der Waals surface area contributed by atoms with E-state index >= 15 is 0 Å². The fourth-order valence-electron chi connectivity index (χ4n) is 3.62. The number of thioether (sulfide) groups is 1. The second-order valence-corrected chi connectivity index (χ2v) is 8.40. The van der Waals surface area contributed by atoms with Gasteiger partial charge in [0.2, 0.25) is 0 Å². The van der Waals surface area contributed by atoms with Gasteiger partial charge in [0.05, 0.1) is 10.5 Å². The fraction of sp³-hybridized carbons (Fsp3) is 0.160. The maximum Gasteiger partial charge on any atom is 0.335 e. The van der Waals surface area contributed by atoms with Gasteiger partial charge in [-0.2, -0.15) is 0 Å². The summed E-state index contributed by atoms with van der Waals surface area (Å²) in [5.41, 5.74) is 2.63. The fourth-order valence-corrected chi connectivity index (χ4v) is 4.46. The average molecular weight is 448 g/mol. The van der Waals surface area contributed by atoms with E-state index in [-0.39, 0.29) is 16.7 Å². The topological polar surface area (TPSA) is 87.8 Å². The number of nitrogens with zero attached hydrogens (tertiary/aromatic N) is 1. The minimum absolute atomic E-state index is 0.206. The van der Waals surface area contributed by atoms with E-state index in [1.165, 1.54) is 10.5 Å². The molecule has 32 heavy (non-hydrogen) atoms. The van der Waals surface area contributed by atoms with Crippen LogP contribution < -0.4 is 0 Å². The summed E-state index contributed by atoms with van der Waals surface area (Å²) in [5.74, 6) is -0.402. The Labute approximate surface area is 189 Å². The molecule has 0 spiro atoms. The van der Waals surface area contributed by atoms with E-state index in [0.717, 1.165) is 18.2 Å². The van der Waals surface area contributed by atoms with E-state index in [9.17, 15) is 19.5 Å². The van der Waals surface area contributed by atoms with Gasteiger partial charge in [0.25, 0.3) is 11.1 Å². The Bertz CT molecular complexity index is 1210. The van der Waals surface area contributed by atoms with Gasteiger partial charge in [-0.1, -0.05) is 42.5 Å². The summed E-state index contributed by atoms with van der Waals surface area (Å²) in [5, 5.41) is 9.03. The summed E-state index contributed by atoms with van der Waals surface area (Å²) in [6.07, 6.45) is 3.04. The van der Waals surface area contributed by atoms with Crippen LogP contribution in [-0.2, 0) is 11.2 Å². The monoisotopic (exact) mass is 447 g/mol. The Morgan fingerprint density at radius 3 is 2.59 bits per heavy atom. The molecule has 6 nitrogen and oxygen atoms in total. The van der Waals surface area contributed by atoms with Gasteiger partial charge in [-0.15, -0.1) is 0 Å². The van der Waals surface area contributed by atoms with Crippen molar-refractivity contribution < 1.29 is 23.9 Å². The van der Waals surface area contributed by atoms with Crippen molar-refractivity contribution in [2.75, 3.05) is 6.54 Å². The second kappa shape index (κ2) is 9.28. The number of aryl methyl sites for hydroxylation is 1. The lowest BCUT2D eigenvalue weighted by Crippen LogP contribution is -2.29. The first-order valence-electron chi connectivity index (χ1n) is 10.2. The molecule has 2 aromatic carbocycles. The third-order valence-electron chi connectivity index (χ3n) is 5.29. The lowest BCUT2D eigenvalue weighted by atomic mass is 10.0. The molecule has 1 aromatic heterocycles. The Morgan fingerprint density at radius 1 is 1.06 bits per heavy atom. The molecule has 2 heterocycles. The number of amides is 2. The van der Waals surface area contributed by atoms with Crippen molar-refractivity contribution in [3.05, 3.63) is 88.0 Å². The van der Waals surface area contributed by atoms with Gasteiger partial charge >= 0.3 is 5.97 Å². The Kier molecular flexibility index (Phi) is 6.28. The quantitative estimate of drug-likeness (QED) is 0.473. The molecule has 0 bridgehead atoms. The molecule has 0 aliphatic carbocycles. The number of carbonyl (C=O) groups excluding carboxylic acids is 2. The highest BCUT2D eigenvalue weighted by molar-refractivity contribution is 8.18. The zero-order chi connectivity index (χ0) is 22.7. The van der Waals surface area contributed by atoms with Crippen LogP contribution in [0.1, 0.15) is 33.7 Å². The molecule has 0 unspecified atom stereocenters. The molecule has 1 N–H and O–H groups in total. The molecule has 1 saturated heterocycles. The van der Waals surface area contributed by atoms with E-state index in [0.29, 0.717) is 40.5 Å². The van der Waals surface area contributed by atoms with Gasteiger partial charge in [-0.3, -0.25) is 14.5 Å². The number of carbonyl (C=O) groups is 3. The molecule has 3 aromatic rings. The van der Waals surface area contributed by atoms with Crippen LogP contribution in [0.2, 0.25) is 0 Å². The third kappa shape index (κ3) is 4.53. The maximum absolute atomic E-state index is 12.7. The molecule has 0 radical (unpaired) electrons. The Balaban J connectivity index is 1.46. The Morgan fingerprint density at radius 2 is 1.84 bits per heavy atom. The zero-order valence-electron chi connectivity index (χ0n) is 17.4. The first-order valence-corrected chi connectivity index (χ1v) is 11.0. The molecular formula is C25H21NO5S. The number of rotatable bonds is 7. The number of carboxylic acids is 1. The predicted molar refractivity (Wildman–Crippen MR) is 123 cm³/mol. The van der Waals surface area contributed by atoms with Crippen LogP contribution in [0.5, 0.6) is 0 Å². The second-order valence-electron chi connectivity index (χ2n) is 7.41. The van der Waals surface area contributed by atoms with Crippen molar-refractivity contribution in [2.24, 2.45) is 0 Å². The SMILES string of the molecule is Cc1c(C(=O)O)cccc1-c1ccc(/C=C2/SC(=O)N(CCCc3ccccc3)C2=O)o1. The van der Waals surface area contributed by atoms with Crippen molar-refractivity contribution in [3.8, 4) is 11.3 Å². The lowest BCUT2D eigenvalue weighted by Gasteiger charge is -2.11. The lowest BCUT2D eigenvalue weighted by molar-refractivity contribution is -0.122. The van der Waals surface area contributed by atoms with Crippen LogP contribution in [0, 0.1) is 6.92 Å². The molecular weight excluding hydrogens is 426 g/mol. The molecule has 7 heteroatoms. The van der Waals surface area contributed by atoms with E-state index in [4.69, 9.17) is 4.42 Å². The molecule has 2 amide bonds. The number of hydrogen-bond donors (Lipinski definition) is 1. The maximum atomic E-state index is 12.7. The van der Waals surface area contributed by atoms with E-state index in [1.807, 2.05) is 30.3 Å². The number of hydrogen-bond acceptors (Lipinski definition) is 5. The number of aromatic carboxylic acids is 1. The van der Waals surface area contributed by atoms with E-state index < -0.39 is 5.97 Å². The highest BCUT2D eigenvalue weighted by Crippen LogP contribution is 2.34. The van der Waals surface area contributed by atoms with E-state index in [2.05, 4.69) is 0 Å². The number of furan rings is 1. The average Bonchev–Trinajstić information content (AvgIpc) is 3.34. The van der Waals surface area contributed by atoms with Crippen molar-refractivity contribution in [2.45, 2.75) is 19.8 Å². The molecule has 0 atom stereocenters. The normalized spacial score (nSPS) is 15.0. The summed E-state index contributed by atoms with van der Waals surface area (Å²) >= 11 is 0.898. The van der Waals surface area contributed by atoms with Crippen LogP contribution in [-0.4, -0.2) is 33.7 Å². The van der Waals surface area contributed by atoms with Gasteiger partial charge in [0.1, 0.15) is 11.5 Å². The first kappa shape index (κ1) is 21.6. The first-order chi connectivity index (χ1) is 15.4. The minimum Gasteiger partial charge on any atom is -0.478 e. The number of imide groups is 1. The van der Waals surface area contributed by atoms with Gasteiger partial charge in [-0.25, -0.2) is 4.79 Å². The summed E-state index contributed by atoms with van der Waals surface area (Å²) in [4.78, 5) is 38.0. The Hall–Kier alpha value is -3.58. The number of benzene rings is 2. The smallest absolute Gasteiger partial charge is 0.335 e. The van der Waals surface area contributed by atoms with Crippen molar-refractivity contribution in [1.29, 1.82) is 0 Å². The predicted octanol–water partition coefficient (Wildman–Crippen LogP) is 5.62. The molecule has 1 fully saturated rings. The van der Waals surface area contributed by atoms with Crippen molar-refractivity contribution in [3.63, 3.8) is 0 Å². The zero-order valence-corrected chi connectivity index (χ0v) is 18.2. The third-order valence-corrected chi connectivity index (χ3v) is 6.20. The van der Waals surface area contributed by atoms with Crippen LogP contribution in [0.15, 0.2) is 70.0 Å². The van der Waals surface area contributed by atoms with Crippen LogP contribution >= 0.6 is 11.8 Å². The van der Waals surface area contributed by atoms with Crippen LogP contribution in [0.4, 0.5) is 4.79 Å². The summed E-state index contributed by atoms with van der Waals surface area (Å²) in [7, 11) is 0. The molecule has 1 aliphatic rings. The minimum atomic E-state index is -1.00. The van der Waals surface area contributed by atoms with E-state index in [1.54, 1.807) is 43.3 Å². The van der Waals surface area contributed by atoms with Crippen LogP contribution in [0.25, 0.3) is 17.4 Å². The summed E-state index contributed by atoms with van der Waals surface area (Å²) in [6, 6.07) is 18.3. The highest BCUT2D eigenvalue weighted by atomic mass is 32.2. The summed E-state index contributed by atoms with van der Waals surface area (Å²) < 4.78 is 5.84. The molecule has 1 aliphatic heterocycles. The van der Waals surface area contributed by atoms with Gasteiger partial charge < -0.3 is 9.52 Å². The summed E-state index contributed by atoms with van der Waals surface area (Å²) in [6.45, 7) is 2.09. The molecule has 0 saturated carbocycles. The number of carboxylic acid groups (broad SMARTS) is 1. The molecule has 162 valence electrons. The highest BCUT2D eigenvalue weighted by Gasteiger charge is 2.34. The van der Waals surface area contributed by atoms with Crippen molar-refractivity contribution >= 4 is 35.0 Å². The van der Waals surface area contributed by atoms with Crippen LogP contribution in [0.3, 0.4) is 0 Å². The van der Waals surface area contributed by atoms with Gasteiger partial charge in [0.15, 0.2) is 0 Å².